The molecule has 1 aromatic heterocycles. The third-order valence-corrected chi connectivity index (χ3v) is 4.07. The molecule has 0 aliphatic rings. The lowest BCUT2D eigenvalue weighted by Crippen LogP contribution is -2.04. The summed E-state index contributed by atoms with van der Waals surface area (Å²) in [5.41, 5.74) is 1.28. The van der Waals surface area contributed by atoms with Crippen molar-refractivity contribution in [1.29, 1.82) is 0 Å². The Bertz CT molecular complexity index is 935. The van der Waals surface area contributed by atoms with Crippen molar-refractivity contribution in [3.05, 3.63) is 69.8 Å². The minimum Gasteiger partial charge on any atom is -0.339 e. The predicted molar refractivity (Wildman–Crippen MR) is 96.2 cm³/mol. The van der Waals surface area contributed by atoms with Crippen LogP contribution in [0.25, 0.3) is 0 Å². The first-order chi connectivity index (χ1) is 11.9. The van der Waals surface area contributed by atoms with E-state index in [1.807, 2.05) is 0 Å². The molecular formula is C17H12Cl2F2N4. The zero-order valence-corrected chi connectivity index (χ0v) is 14.5. The van der Waals surface area contributed by atoms with E-state index >= 15 is 0 Å². The summed E-state index contributed by atoms with van der Waals surface area (Å²) in [6, 6.07) is 10.1. The van der Waals surface area contributed by atoms with Gasteiger partial charge in [-0.25, -0.2) is 13.8 Å². The first kappa shape index (κ1) is 17.4. The van der Waals surface area contributed by atoms with Gasteiger partial charge in [-0.3, -0.25) is 0 Å². The Hall–Kier alpha value is -2.44. The summed E-state index contributed by atoms with van der Waals surface area (Å²) in [5, 5.41) is 6.54. The molecular weight excluding hydrogens is 369 g/mol. The van der Waals surface area contributed by atoms with Crippen molar-refractivity contribution in [2.24, 2.45) is 0 Å². The number of hydrogen-bond acceptors (Lipinski definition) is 4. The van der Waals surface area contributed by atoms with Gasteiger partial charge in [0, 0.05) is 17.8 Å². The van der Waals surface area contributed by atoms with Crippen LogP contribution in [-0.2, 0) is 0 Å². The number of rotatable bonds is 4. The molecule has 3 aromatic rings. The van der Waals surface area contributed by atoms with Crippen LogP contribution in [0.2, 0.25) is 10.0 Å². The molecule has 2 N–H and O–H groups in total. The molecule has 25 heavy (non-hydrogen) atoms. The standard InChI is InChI=1S/C17H12Cl2F2N4/c1-9-7-15(23-14-4-2-3-11(18)16(14)19)25-17(22-9)24-13-6-5-10(20)8-12(13)21/h2-8H,1H3,(H2,22,23,24,25). The Morgan fingerprint density at radius 2 is 1.72 bits per heavy atom. The number of benzene rings is 2. The fourth-order valence-corrected chi connectivity index (χ4v) is 2.49. The van der Waals surface area contributed by atoms with Crippen LogP contribution in [0.4, 0.5) is 31.9 Å². The summed E-state index contributed by atoms with van der Waals surface area (Å²) in [6.07, 6.45) is 0. The maximum Gasteiger partial charge on any atom is 0.229 e. The second-order valence-corrected chi connectivity index (χ2v) is 5.98. The van der Waals surface area contributed by atoms with Gasteiger partial charge in [0.25, 0.3) is 0 Å². The van der Waals surface area contributed by atoms with Gasteiger partial charge in [-0.1, -0.05) is 29.3 Å². The van der Waals surface area contributed by atoms with Crippen molar-refractivity contribution in [1.82, 2.24) is 9.97 Å². The van der Waals surface area contributed by atoms with Crippen LogP contribution in [0.5, 0.6) is 0 Å². The van der Waals surface area contributed by atoms with E-state index in [0.717, 1.165) is 12.1 Å². The van der Waals surface area contributed by atoms with Crippen LogP contribution in [0.3, 0.4) is 0 Å². The average Bonchev–Trinajstić information content (AvgIpc) is 2.54. The van der Waals surface area contributed by atoms with Gasteiger partial charge < -0.3 is 10.6 Å². The largest absolute Gasteiger partial charge is 0.339 e. The fraction of sp³-hybridized carbons (Fsp3) is 0.0588. The molecule has 0 aliphatic carbocycles. The van der Waals surface area contributed by atoms with E-state index in [0.29, 0.717) is 27.2 Å². The number of halogens is 4. The molecule has 0 atom stereocenters. The average molecular weight is 381 g/mol. The van der Waals surface area contributed by atoms with E-state index in [-0.39, 0.29) is 11.6 Å². The lowest BCUT2D eigenvalue weighted by Gasteiger charge is -2.12. The summed E-state index contributed by atoms with van der Waals surface area (Å²) < 4.78 is 26.8. The van der Waals surface area contributed by atoms with Crippen LogP contribution in [0.15, 0.2) is 42.5 Å². The van der Waals surface area contributed by atoms with Gasteiger partial charge in [0.05, 0.1) is 21.4 Å². The minimum atomic E-state index is -0.738. The first-order valence-corrected chi connectivity index (χ1v) is 7.97. The molecule has 0 unspecified atom stereocenters. The van der Waals surface area contributed by atoms with Crippen LogP contribution in [0, 0.1) is 18.6 Å². The number of nitrogens with one attached hydrogen (secondary N) is 2. The van der Waals surface area contributed by atoms with Crippen LogP contribution in [-0.4, -0.2) is 9.97 Å². The molecule has 1 heterocycles. The molecule has 0 amide bonds. The lowest BCUT2D eigenvalue weighted by molar-refractivity contribution is 0.586. The molecule has 3 rings (SSSR count). The van der Waals surface area contributed by atoms with Crippen LogP contribution in [0.1, 0.15) is 5.69 Å². The van der Waals surface area contributed by atoms with E-state index < -0.39 is 11.6 Å². The highest BCUT2D eigenvalue weighted by atomic mass is 35.5. The van der Waals surface area contributed by atoms with Gasteiger partial charge in [-0.05, 0) is 31.2 Å². The zero-order chi connectivity index (χ0) is 18.0. The second kappa shape index (κ2) is 7.21. The summed E-state index contributed by atoms with van der Waals surface area (Å²) in [4.78, 5) is 8.46. The quantitative estimate of drug-likeness (QED) is 0.595. The van der Waals surface area contributed by atoms with Crippen molar-refractivity contribution in [2.75, 3.05) is 10.6 Å². The van der Waals surface area contributed by atoms with Crippen molar-refractivity contribution in [3.63, 3.8) is 0 Å². The highest BCUT2D eigenvalue weighted by Gasteiger charge is 2.09. The van der Waals surface area contributed by atoms with Gasteiger partial charge >= 0.3 is 0 Å². The lowest BCUT2D eigenvalue weighted by atomic mass is 10.3. The summed E-state index contributed by atoms with van der Waals surface area (Å²) in [7, 11) is 0. The van der Waals surface area contributed by atoms with Crippen LogP contribution >= 0.6 is 23.2 Å². The number of aromatic nitrogens is 2. The third-order valence-electron chi connectivity index (χ3n) is 3.25. The van der Waals surface area contributed by atoms with E-state index in [2.05, 4.69) is 20.6 Å². The van der Waals surface area contributed by atoms with E-state index in [4.69, 9.17) is 23.2 Å². The Kier molecular flexibility index (Phi) is 5.01. The Labute approximate surface area is 152 Å². The summed E-state index contributed by atoms with van der Waals surface area (Å²) in [5.74, 6) is -0.795. The topological polar surface area (TPSA) is 49.8 Å². The Morgan fingerprint density at radius 1 is 0.920 bits per heavy atom. The van der Waals surface area contributed by atoms with Gasteiger partial charge in [-0.15, -0.1) is 0 Å². The van der Waals surface area contributed by atoms with Gasteiger partial charge in [0.2, 0.25) is 5.95 Å². The Balaban J connectivity index is 1.89. The normalized spacial score (nSPS) is 10.6. The molecule has 4 nitrogen and oxygen atoms in total. The molecule has 8 heteroatoms. The van der Waals surface area contributed by atoms with Crippen molar-refractivity contribution in [3.8, 4) is 0 Å². The molecule has 0 saturated heterocycles. The zero-order valence-electron chi connectivity index (χ0n) is 12.9. The Morgan fingerprint density at radius 3 is 2.48 bits per heavy atom. The number of nitrogens with zero attached hydrogens (tertiary/aromatic N) is 2. The van der Waals surface area contributed by atoms with Gasteiger partial charge in [-0.2, -0.15) is 4.98 Å². The maximum absolute atomic E-state index is 13.8. The van der Waals surface area contributed by atoms with Crippen molar-refractivity contribution >= 4 is 46.3 Å². The molecule has 0 radical (unpaired) electrons. The van der Waals surface area contributed by atoms with Gasteiger partial charge in [0.15, 0.2) is 0 Å². The molecule has 0 fully saturated rings. The molecule has 0 saturated carbocycles. The molecule has 128 valence electrons. The second-order valence-electron chi connectivity index (χ2n) is 5.19. The monoisotopic (exact) mass is 380 g/mol. The first-order valence-electron chi connectivity index (χ1n) is 7.21. The smallest absolute Gasteiger partial charge is 0.229 e. The van der Waals surface area contributed by atoms with Crippen LogP contribution < -0.4 is 10.6 Å². The highest BCUT2D eigenvalue weighted by molar-refractivity contribution is 6.43. The predicted octanol–water partition coefficient (Wildman–Crippen LogP) is 5.86. The highest BCUT2D eigenvalue weighted by Crippen LogP contribution is 2.31. The third kappa shape index (κ3) is 4.15. The van der Waals surface area contributed by atoms with E-state index in [1.54, 1.807) is 31.2 Å². The van der Waals surface area contributed by atoms with Crippen molar-refractivity contribution < 1.29 is 8.78 Å². The van der Waals surface area contributed by atoms with E-state index in [1.165, 1.54) is 6.07 Å². The SMILES string of the molecule is Cc1cc(Nc2cccc(Cl)c2Cl)nc(Nc2ccc(F)cc2F)n1. The molecule has 0 spiro atoms. The van der Waals surface area contributed by atoms with Crippen molar-refractivity contribution in [2.45, 2.75) is 6.92 Å². The molecule has 2 aromatic carbocycles. The molecule has 0 aliphatic heterocycles. The number of hydrogen-bond donors (Lipinski definition) is 2. The molecule has 0 bridgehead atoms. The fourth-order valence-electron chi connectivity index (χ4n) is 2.14. The summed E-state index contributed by atoms with van der Waals surface area (Å²) >= 11 is 12.1. The number of anilines is 4. The maximum atomic E-state index is 13.8. The summed E-state index contributed by atoms with van der Waals surface area (Å²) in [6.45, 7) is 1.76. The van der Waals surface area contributed by atoms with E-state index in [9.17, 15) is 8.78 Å². The number of aryl methyl sites for hydroxylation is 1. The minimum absolute atomic E-state index is 0.0683. The van der Waals surface area contributed by atoms with Gasteiger partial charge in [0.1, 0.15) is 17.5 Å².